The van der Waals surface area contributed by atoms with E-state index in [1.54, 1.807) is 6.92 Å². The molecule has 0 radical (unpaired) electrons. The maximum atomic E-state index is 11.1. The fourth-order valence-electron chi connectivity index (χ4n) is 1.74. The highest BCUT2D eigenvalue weighted by Crippen LogP contribution is 2.36. The van der Waals surface area contributed by atoms with E-state index < -0.39 is 6.72 Å². The first-order valence-electron chi connectivity index (χ1n) is 7.35. The molecule has 23 heavy (non-hydrogen) atoms. The number of carbonyl (C=O) groups excluding carboxylic acids is 1. The molecule has 5 nitrogen and oxygen atoms in total. The van der Waals surface area contributed by atoms with E-state index in [0.717, 1.165) is 51.4 Å². The zero-order chi connectivity index (χ0) is 16.1. The molecule has 0 fully saturated rings. The van der Waals surface area contributed by atoms with E-state index in [1.807, 2.05) is 0 Å². The molecule has 9 heteroatoms. The lowest BCUT2D eigenvalue weighted by atomic mass is 10.1. The van der Waals surface area contributed by atoms with E-state index >= 15 is 0 Å². The smallest absolute Gasteiger partial charge is 0.333 e. The normalized spacial score (nSPS) is 10.4. The SMILES string of the molecule is C=C(C)C(=O)OCCCCCCCCCCOP(O)(O)=S.Cl.Cl. The zero-order valence-electron chi connectivity index (χ0n) is 13.6. The van der Waals surface area contributed by atoms with Crippen LogP contribution in [-0.4, -0.2) is 29.0 Å². The van der Waals surface area contributed by atoms with Crippen LogP contribution in [0.5, 0.6) is 0 Å². The summed E-state index contributed by atoms with van der Waals surface area (Å²) in [5.41, 5.74) is 0.441. The summed E-state index contributed by atoms with van der Waals surface area (Å²) in [4.78, 5) is 28.8. The lowest BCUT2D eigenvalue weighted by molar-refractivity contribution is -0.139. The van der Waals surface area contributed by atoms with E-state index in [9.17, 15) is 4.79 Å². The number of rotatable bonds is 13. The lowest BCUT2D eigenvalue weighted by Crippen LogP contribution is -2.05. The largest absolute Gasteiger partial charge is 0.462 e. The van der Waals surface area contributed by atoms with Crippen LogP contribution in [0.15, 0.2) is 12.2 Å². The van der Waals surface area contributed by atoms with Gasteiger partial charge in [0.1, 0.15) is 0 Å². The van der Waals surface area contributed by atoms with Gasteiger partial charge in [-0.3, -0.25) is 0 Å². The van der Waals surface area contributed by atoms with Crippen LogP contribution in [0.25, 0.3) is 0 Å². The second-order valence-corrected chi connectivity index (χ2v) is 7.73. The van der Waals surface area contributed by atoms with Crippen molar-refractivity contribution in [3.63, 3.8) is 0 Å². The van der Waals surface area contributed by atoms with Gasteiger partial charge in [-0.1, -0.05) is 45.1 Å². The molecule has 0 saturated carbocycles. The van der Waals surface area contributed by atoms with Crippen LogP contribution < -0.4 is 0 Å². The monoisotopic (exact) mass is 410 g/mol. The summed E-state index contributed by atoms with van der Waals surface area (Å²) in [7, 11) is 0. The third-order valence-electron chi connectivity index (χ3n) is 2.88. The Balaban J connectivity index is -0.00000200. The maximum Gasteiger partial charge on any atom is 0.333 e. The van der Waals surface area contributed by atoms with Gasteiger partial charge in [0.2, 0.25) is 0 Å². The standard InChI is InChI=1S/C14H27O5PS.2ClH/c1-13(2)14(15)18-11-9-7-5-3-4-6-8-10-12-19-20(16,17)21;;/h1,3-12H2,2H3,(H2,16,17,21);2*1H. The van der Waals surface area contributed by atoms with Crippen LogP contribution >= 0.6 is 31.5 Å². The molecule has 0 bridgehead atoms. The van der Waals surface area contributed by atoms with Gasteiger partial charge in [-0.25, -0.2) is 4.79 Å². The zero-order valence-corrected chi connectivity index (χ0v) is 16.9. The minimum atomic E-state index is -3.46. The molecule has 0 unspecified atom stereocenters. The molecule has 140 valence electrons. The molecule has 0 heterocycles. The molecule has 0 aliphatic rings. The lowest BCUT2D eigenvalue weighted by Gasteiger charge is -2.07. The highest BCUT2D eigenvalue weighted by molar-refractivity contribution is 8.06. The molecule has 0 aromatic rings. The first-order valence-corrected chi connectivity index (χ1v) is 9.98. The molecule has 0 atom stereocenters. The molecule has 0 aliphatic heterocycles. The van der Waals surface area contributed by atoms with Crippen LogP contribution in [-0.2, 0) is 25.9 Å². The van der Waals surface area contributed by atoms with Crippen molar-refractivity contribution >= 4 is 49.3 Å². The summed E-state index contributed by atoms with van der Waals surface area (Å²) in [6.45, 7) is 2.49. The van der Waals surface area contributed by atoms with E-state index in [0.29, 0.717) is 18.8 Å². The highest BCUT2D eigenvalue weighted by Gasteiger charge is 2.06. The predicted molar refractivity (Wildman–Crippen MR) is 102 cm³/mol. The van der Waals surface area contributed by atoms with Crippen molar-refractivity contribution in [2.24, 2.45) is 0 Å². The summed E-state index contributed by atoms with van der Waals surface area (Å²) >= 11 is 4.35. The minimum Gasteiger partial charge on any atom is -0.462 e. The van der Waals surface area contributed by atoms with Gasteiger partial charge in [-0.2, -0.15) is 0 Å². The number of esters is 1. The number of halogens is 2. The molecular weight excluding hydrogens is 382 g/mol. The summed E-state index contributed by atoms with van der Waals surface area (Å²) < 4.78 is 9.73. The fourth-order valence-corrected chi connectivity index (χ4v) is 2.33. The van der Waals surface area contributed by atoms with Gasteiger partial charge in [0.25, 0.3) is 0 Å². The Morgan fingerprint density at radius 3 is 1.74 bits per heavy atom. The molecule has 0 amide bonds. The predicted octanol–water partition coefficient (Wildman–Crippen LogP) is 4.30. The topological polar surface area (TPSA) is 76.0 Å². The van der Waals surface area contributed by atoms with E-state index in [1.165, 1.54) is 0 Å². The van der Waals surface area contributed by atoms with E-state index in [-0.39, 0.29) is 30.8 Å². The second kappa shape index (κ2) is 17.2. The molecule has 0 aromatic carbocycles. The third kappa shape index (κ3) is 22.3. The molecule has 0 spiro atoms. The van der Waals surface area contributed by atoms with Crippen molar-refractivity contribution in [3.8, 4) is 0 Å². The van der Waals surface area contributed by atoms with Crippen molar-refractivity contribution < 1.29 is 23.8 Å². The third-order valence-corrected chi connectivity index (χ3v) is 3.71. The van der Waals surface area contributed by atoms with E-state index in [2.05, 4.69) is 18.4 Å². The average Bonchev–Trinajstić information content (AvgIpc) is 2.38. The van der Waals surface area contributed by atoms with Gasteiger partial charge < -0.3 is 19.0 Å². The summed E-state index contributed by atoms with van der Waals surface area (Å²) in [5, 5.41) is 0. The highest BCUT2D eigenvalue weighted by atomic mass is 35.5. The van der Waals surface area contributed by atoms with Crippen LogP contribution in [0, 0.1) is 0 Å². The maximum absolute atomic E-state index is 11.1. The number of ether oxygens (including phenoxy) is 1. The van der Waals surface area contributed by atoms with Crippen LogP contribution in [0.3, 0.4) is 0 Å². The van der Waals surface area contributed by atoms with Gasteiger partial charge in [0, 0.05) is 5.57 Å². The first-order chi connectivity index (χ1) is 9.83. The molecule has 0 aliphatic carbocycles. The Bertz CT molecular complexity index is 363. The Kier molecular flexibility index (Phi) is 21.0. The minimum absolute atomic E-state index is 0. The molecular formula is C14H29Cl2O5PS. The number of hydrogen-bond acceptors (Lipinski definition) is 4. The van der Waals surface area contributed by atoms with E-state index in [4.69, 9.17) is 19.0 Å². The molecule has 2 N–H and O–H groups in total. The second-order valence-electron chi connectivity index (χ2n) is 5.07. The summed E-state index contributed by atoms with van der Waals surface area (Å²) in [5.74, 6) is -0.312. The van der Waals surface area contributed by atoms with Crippen LogP contribution in [0.1, 0.15) is 58.3 Å². The Labute approximate surface area is 156 Å². The molecule has 0 rings (SSSR count). The molecule has 0 saturated heterocycles. The van der Waals surface area contributed by atoms with Crippen molar-refractivity contribution in [1.29, 1.82) is 0 Å². The Morgan fingerprint density at radius 1 is 0.957 bits per heavy atom. The number of hydrogen-bond donors (Lipinski definition) is 2. The van der Waals surface area contributed by atoms with Crippen molar-refractivity contribution in [1.82, 2.24) is 0 Å². The van der Waals surface area contributed by atoms with Crippen molar-refractivity contribution in [2.45, 2.75) is 58.3 Å². The Hall–Kier alpha value is 0.320. The van der Waals surface area contributed by atoms with Gasteiger partial charge in [0.15, 0.2) is 0 Å². The number of carbonyl (C=O) groups is 1. The summed E-state index contributed by atoms with van der Waals surface area (Å²) in [6.07, 6.45) is 8.31. The van der Waals surface area contributed by atoms with Crippen molar-refractivity contribution in [2.75, 3.05) is 13.2 Å². The Morgan fingerprint density at radius 2 is 1.35 bits per heavy atom. The fraction of sp³-hybridized carbons (Fsp3) is 0.786. The van der Waals surface area contributed by atoms with Gasteiger partial charge in [0.05, 0.1) is 13.2 Å². The van der Waals surface area contributed by atoms with Crippen molar-refractivity contribution in [3.05, 3.63) is 12.2 Å². The quantitative estimate of drug-likeness (QED) is 0.204. The van der Waals surface area contributed by atoms with Gasteiger partial charge >= 0.3 is 12.7 Å². The van der Waals surface area contributed by atoms with Crippen LogP contribution in [0.4, 0.5) is 0 Å². The van der Waals surface area contributed by atoms with Gasteiger partial charge in [-0.05, 0) is 31.6 Å². The first kappa shape index (κ1) is 28.1. The van der Waals surface area contributed by atoms with Gasteiger partial charge in [-0.15, -0.1) is 24.8 Å². The summed E-state index contributed by atoms with van der Waals surface area (Å²) in [6, 6.07) is 0. The number of unbranched alkanes of at least 4 members (excludes halogenated alkanes) is 7. The molecule has 0 aromatic heterocycles. The van der Waals surface area contributed by atoms with Crippen LogP contribution in [0.2, 0.25) is 0 Å². The average molecular weight is 411 g/mol.